The Labute approximate surface area is 112 Å². The predicted molar refractivity (Wildman–Crippen MR) is 70.4 cm³/mol. The number of rotatable bonds is 6. The molecule has 0 aliphatic carbocycles. The molecule has 1 heterocycles. The van der Waals surface area contributed by atoms with Gasteiger partial charge in [0.2, 0.25) is 0 Å². The molecular weight excluding hydrogens is 268 g/mol. The van der Waals surface area contributed by atoms with Crippen molar-refractivity contribution in [1.82, 2.24) is 9.29 Å². The van der Waals surface area contributed by atoms with Crippen molar-refractivity contribution in [2.75, 3.05) is 6.54 Å². The SMILES string of the molecule is C=CCN(C(C)C)S(=O)(=O)c1ccc(C(=O)O)cn1. The molecule has 6 nitrogen and oxygen atoms in total. The third-order valence-corrected chi connectivity index (χ3v) is 4.40. The van der Waals surface area contributed by atoms with Gasteiger partial charge in [-0.1, -0.05) is 6.08 Å². The average Bonchev–Trinajstić information content (AvgIpc) is 2.35. The van der Waals surface area contributed by atoms with Crippen molar-refractivity contribution in [3.8, 4) is 0 Å². The smallest absolute Gasteiger partial charge is 0.337 e. The van der Waals surface area contributed by atoms with Gasteiger partial charge >= 0.3 is 5.97 Å². The number of nitrogens with zero attached hydrogens (tertiary/aromatic N) is 2. The van der Waals surface area contributed by atoms with Crippen LogP contribution in [0.2, 0.25) is 0 Å². The minimum Gasteiger partial charge on any atom is -0.478 e. The molecular formula is C12H16N2O4S. The number of carboxylic acids is 1. The fourth-order valence-electron chi connectivity index (χ4n) is 1.49. The van der Waals surface area contributed by atoms with Gasteiger partial charge in [0.25, 0.3) is 10.0 Å². The third kappa shape index (κ3) is 3.39. The zero-order valence-corrected chi connectivity index (χ0v) is 11.6. The van der Waals surface area contributed by atoms with E-state index in [1.807, 2.05) is 0 Å². The molecule has 1 N–H and O–H groups in total. The fourth-order valence-corrected chi connectivity index (χ4v) is 3.02. The molecule has 1 rings (SSSR count). The van der Waals surface area contributed by atoms with Gasteiger partial charge in [0.15, 0.2) is 5.03 Å². The summed E-state index contributed by atoms with van der Waals surface area (Å²) in [6.45, 7) is 7.18. The van der Waals surface area contributed by atoms with Gasteiger partial charge < -0.3 is 5.11 Å². The summed E-state index contributed by atoms with van der Waals surface area (Å²) in [5, 5.41) is 8.57. The summed E-state index contributed by atoms with van der Waals surface area (Å²) in [6, 6.07) is 2.16. The van der Waals surface area contributed by atoms with E-state index in [4.69, 9.17) is 5.11 Å². The monoisotopic (exact) mass is 284 g/mol. The Morgan fingerprint density at radius 3 is 2.53 bits per heavy atom. The van der Waals surface area contributed by atoms with E-state index < -0.39 is 16.0 Å². The largest absolute Gasteiger partial charge is 0.478 e. The molecule has 0 aliphatic rings. The van der Waals surface area contributed by atoms with Gasteiger partial charge in [-0.2, -0.15) is 4.31 Å². The van der Waals surface area contributed by atoms with E-state index in [9.17, 15) is 13.2 Å². The minimum absolute atomic E-state index is 0.0567. The van der Waals surface area contributed by atoms with Crippen molar-refractivity contribution >= 4 is 16.0 Å². The van der Waals surface area contributed by atoms with Gasteiger partial charge in [0.1, 0.15) is 0 Å². The Balaban J connectivity index is 3.18. The van der Waals surface area contributed by atoms with Crippen molar-refractivity contribution < 1.29 is 18.3 Å². The molecule has 0 fully saturated rings. The highest BCUT2D eigenvalue weighted by molar-refractivity contribution is 7.89. The topological polar surface area (TPSA) is 87.6 Å². The summed E-state index contributed by atoms with van der Waals surface area (Å²) in [5.74, 6) is -1.15. The van der Waals surface area contributed by atoms with E-state index in [2.05, 4.69) is 11.6 Å². The number of aromatic nitrogens is 1. The first-order valence-corrected chi connectivity index (χ1v) is 7.06. The Morgan fingerprint density at radius 1 is 1.53 bits per heavy atom. The summed E-state index contributed by atoms with van der Waals surface area (Å²) in [6.07, 6.45) is 2.52. The molecule has 0 atom stereocenters. The third-order valence-electron chi connectivity index (χ3n) is 2.44. The zero-order chi connectivity index (χ0) is 14.6. The van der Waals surface area contributed by atoms with Gasteiger partial charge in [0.05, 0.1) is 5.56 Å². The number of sulfonamides is 1. The quantitative estimate of drug-likeness (QED) is 0.797. The molecule has 1 aromatic heterocycles. The van der Waals surface area contributed by atoms with Crippen molar-refractivity contribution in [2.45, 2.75) is 24.9 Å². The maximum Gasteiger partial charge on any atom is 0.337 e. The highest BCUT2D eigenvalue weighted by Crippen LogP contribution is 2.16. The van der Waals surface area contributed by atoms with Crippen LogP contribution in [0.4, 0.5) is 0 Å². The lowest BCUT2D eigenvalue weighted by Gasteiger charge is -2.23. The van der Waals surface area contributed by atoms with E-state index in [0.717, 1.165) is 6.20 Å². The van der Waals surface area contributed by atoms with Crippen molar-refractivity contribution in [3.63, 3.8) is 0 Å². The summed E-state index contributed by atoms with van der Waals surface area (Å²) in [5.41, 5.74) is -0.0567. The number of carboxylic acid groups (broad SMARTS) is 1. The standard InChI is InChI=1S/C12H16N2O4S/c1-4-7-14(9(2)3)19(17,18)11-6-5-10(8-13-11)12(15)16/h4-6,8-9H,1,7H2,2-3H3,(H,15,16). The molecule has 1 aromatic rings. The molecule has 0 unspecified atom stereocenters. The molecule has 104 valence electrons. The van der Waals surface area contributed by atoms with E-state index in [1.54, 1.807) is 13.8 Å². The lowest BCUT2D eigenvalue weighted by Crippen LogP contribution is -2.37. The summed E-state index contributed by atoms with van der Waals surface area (Å²) in [4.78, 5) is 14.4. The Morgan fingerprint density at radius 2 is 2.16 bits per heavy atom. The second-order valence-corrected chi connectivity index (χ2v) is 5.98. The van der Waals surface area contributed by atoms with E-state index >= 15 is 0 Å². The van der Waals surface area contributed by atoms with Gasteiger partial charge in [-0.3, -0.25) is 0 Å². The van der Waals surface area contributed by atoms with Crippen LogP contribution in [0.25, 0.3) is 0 Å². The van der Waals surface area contributed by atoms with Crippen LogP contribution in [0.15, 0.2) is 36.0 Å². The van der Waals surface area contributed by atoms with E-state index in [0.29, 0.717) is 0 Å². The molecule has 0 aliphatic heterocycles. The molecule has 0 saturated carbocycles. The molecule has 0 spiro atoms. The highest BCUT2D eigenvalue weighted by atomic mass is 32.2. The zero-order valence-electron chi connectivity index (χ0n) is 10.8. The Hall–Kier alpha value is -1.73. The summed E-state index contributed by atoms with van der Waals surface area (Å²) < 4.78 is 25.9. The first-order chi connectivity index (χ1) is 8.80. The maximum atomic E-state index is 12.3. The fraction of sp³-hybridized carbons (Fsp3) is 0.333. The molecule has 0 saturated heterocycles. The van der Waals surface area contributed by atoms with Crippen LogP contribution in [0.5, 0.6) is 0 Å². The van der Waals surface area contributed by atoms with Crippen LogP contribution < -0.4 is 0 Å². The van der Waals surface area contributed by atoms with Crippen LogP contribution in [-0.4, -0.2) is 41.4 Å². The predicted octanol–water partition coefficient (Wildman–Crippen LogP) is 1.36. The van der Waals surface area contributed by atoms with Crippen LogP contribution in [0.1, 0.15) is 24.2 Å². The summed E-state index contributed by atoms with van der Waals surface area (Å²) >= 11 is 0. The molecule has 0 amide bonds. The Kier molecular flexibility index (Phi) is 4.79. The number of hydrogen-bond acceptors (Lipinski definition) is 4. The summed E-state index contributed by atoms with van der Waals surface area (Å²) in [7, 11) is -3.75. The molecule has 0 aromatic carbocycles. The van der Waals surface area contributed by atoms with Crippen LogP contribution >= 0.6 is 0 Å². The molecule has 0 radical (unpaired) electrons. The van der Waals surface area contributed by atoms with E-state index in [-0.39, 0.29) is 23.2 Å². The normalized spacial score (nSPS) is 11.8. The van der Waals surface area contributed by atoms with Gasteiger partial charge in [-0.15, -0.1) is 6.58 Å². The average molecular weight is 284 g/mol. The molecule has 19 heavy (non-hydrogen) atoms. The number of aromatic carboxylic acids is 1. The maximum absolute atomic E-state index is 12.3. The van der Waals surface area contributed by atoms with Crippen LogP contribution in [0, 0.1) is 0 Å². The first-order valence-electron chi connectivity index (χ1n) is 5.62. The molecule has 7 heteroatoms. The van der Waals surface area contributed by atoms with Crippen molar-refractivity contribution in [1.29, 1.82) is 0 Å². The van der Waals surface area contributed by atoms with Crippen molar-refractivity contribution in [2.24, 2.45) is 0 Å². The lowest BCUT2D eigenvalue weighted by atomic mass is 10.3. The molecule has 0 bridgehead atoms. The number of hydrogen-bond donors (Lipinski definition) is 1. The van der Waals surface area contributed by atoms with Crippen molar-refractivity contribution in [3.05, 3.63) is 36.5 Å². The first kappa shape index (κ1) is 15.3. The second kappa shape index (κ2) is 5.94. The van der Waals surface area contributed by atoms with E-state index in [1.165, 1.54) is 22.5 Å². The second-order valence-electron chi connectivity index (χ2n) is 4.15. The highest BCUT2D eigenvalue weighted by Gasteiger charge is 2.27. The number of carbonyl (C=O) groups is 1. The van der Waals surface area contributed by atoms with Gasteiger partial charge in [-0.05, 0) is 26.0 Å². The van der Waals surface area contributed by atoms with Crippen LogP contribution in [-0.2, 0) is 10.0 Å². The number of pyridine rings is 1. The lowest BCUT2D eigenvalue weighted by molar-refractivity contribution is 0.0696. The van der Waals surface area contributed by atoms with Gasteiger partial charge in [0, 0.05) is 18.8 Å². The Bertz CT molecular complexity index is 564. The van der Waals surface area contributed by atoms with Crippen LogP contribution in [0.3, 0.4) is 0 Å². The van der Waals surface area contributed by atoms with Gasteiger partial charge in [-0.25, -0.2) is 18.2 Å². The minimum atomic E-state index is -3.75.